The Morgan fingerprint density at radius 2 is 1.53 bits per heavy atom. The zero-order valence-electron chi connectivity index (χ0n) is 20.2. The van der Waals surface area contributed by atoms with Crippen LogP contribution in [0.3, 0.4) is 0 Å². The maximum atomic E-state index is 13.1. The van der Waals surface area contributed by atoms with Crippen molar-refractivity contribution >= 4 is 18.0 Å². The number of carboxylic acids is 1. The van der Waals surface area contributed by atoms with Crippen molar-refractivity contribution in [2.45, 2.75) is 25.8 Å². The number of rotatable bonds is 10. The molecule has 2 aromatic rings. The second-order valence-electron chi connectivity index (χ2n) is 9.29. The van der Waals surface area contributed by atoms with E-state index in [-0.39, 0.29) is 31.5 Å². The van der Waals surface area contributed by atoms with Crippen molar-refractivity contribution in [2.75, 3.05) is 40.3 Å². The van der Waals surface area contributed by atoms with Gasteiger partial charge in [0.25, 0.3) is 0 Å². The number of aliphatic carboxylic acids is 1. The van der Waals surface area contributed by atoms with Crippen LogP contribution in [-0.2, 0) is 14.3 Å². The smallest absolute Gasteiger partial charge is 0.407 e. The molecule has 3 rings (SSSR count). The molecule has 2 aromatic carbocycles. The Bertz CT molecular complexity index is 991. The first-order chi connectivity index (χ1) is 16.2. The summed E-state index contributed by atoms with van der Waals surface area (Å²) in [7, 11) is 3.56. The number of amides is 2. The average molecular weight is 468 g/mol. The number of hydrogen-bond acceptors (Lipinski definition) is 5. The van der Waals surface area contributed by atoms with Crippen LogP contribution in [0.2, 0.25) is 0 Å². The van der Waals surface area contributed by atoms with Gasteiger partial charge in [-0.05, 0) is 42.3 Å². The molecular formula is C26H33N3O5. The lowest BCUT2D eigenvalue weighted by Crippen LogP contribution is -2.54. The number of hydrogen-bond donors (Lipinski definition) is 2. The third-order valence-electron chi connectivity index (χ3n) is 5.70. The molecule has 0 bridgehead atoms. The lowest BCUT2D eigenvalue weighted by Gasteiger charge is -2.29. The molecule has 0 spiro atoms. The Labute approximate surface area is 200 Å². The molecule has 0 radical (unpaired) electrons. The summed E-state index contributed by atoms with van der Waals surface area (Å²) < 4.78 is 5.59. The number of nitrogens with zero attached hydrogens (tertiary/aromatic N) is 2. The van der Waals surface area contributed by atoms with E-state index >= 15 is 0 Å². The van der Waals surface area contributed by atoms with Crippen LogP contribution in [0.25, 0.3) is 11.1 Å². The quantitative estimate of drug-likeness (QED) is 0.557. The van der Waals surface area contributed by atoms with E-state index in [1.807, 2.05) is 50.2 Å². The highest BCUT2D eigenvalue weighted by Gasteiger charge is 2.31. The fourth-order valence-corrected chi connectivity index (χ4v) is 4.39. The van der Waals surface area contributed by atoms with Gasteiger partial charge in [-0.15, -0.1) is 0 Å². The van der Waals surface area contributed by atoms with Gasteiger partial charge in [-0.3, -0.25) is 9.59 Å². The fourth-order valence-electron chi connectivity index (χ4n) is 4.39. The summed E-state index contributed by atoms with van der Waals surface area (Å²) >= 11 is 0. The second kappa shape index (κ2) is 11.2. The summed E-state index contributed by atoms with van der Waals surface area (Å²) in [4.78, 5) is 40.2. The zero-order chi connectivity index (χ0) is 24.8. The van der Waals surface area contributed by atoms with Crippen molar-refractivity contribution in [3.8, 4) is 11.1 Å². The maximum Gasteiger partial charge on any atom is 0.407 e. The van der Waals surface area contributed by atoms with Crippen molar-refractivity contribution < 1.29 is 24.2 Å². The minimum atomic E-state index is -1.10. The number of alkyl carbamates (subject to hydrolysis) is 1. The van der Waals surface area contributed by atoms with E-state index in [1.54, 1.807) is 19.0 Å². The predicted octanol–water partition coefficient (Wildman–Crippen LogP) is 3.02. The monoisotopic (exact) mass is 467 g/mol. The van der Waals surface area contributed by atoms with E-state index in [9.17, 15) is 19.5 Å². The van der Waals surface area contributed by atoms with E-state index in [1.165, 1.54) is 4.90 Å². The van der Waals surface area contributed by atoms with Crippen molar-refractivity contribution in [1.29, 1.82) is 0 Å². The van der Waals surface area contributed by atoms with E-state index in [0.29, 0.717) is 0 Å². The summed E-state index contributed by atoms with van der Waals surface area (Å²) in [6.45, 7) is 4.02. The standard InChI is InChI=1S/C26H33N3O5/c1-17(2)13-29(15-24(30)31)25(32)23(14-28(3)4)27-26(33)34-16-22-20-11-7-5-9-18(20)19-10-6-8-12-21(19)22/h5-12,17,22-23H,13-16H2,1-4H3,(H,27,33)(H,30,31)/t23-/m0/s1. The topological polar surface area (TPSA) is 99.2 Å². The van der Waals surface area contributed by atoms with E-state index in [2.05, 4.69) is 17.4 Å². The third kappa shape index (κ3) is 6.14. The van der Waals surface area contributed by atoms with Gasteiger partial charge in [0, 0.05) is 19.0 Å². The molecule has 0 aliphatic heterocycles. The first-order valence-corrected chi connectivity index (χ1v) is 11.4. The molecule has 1 atom stereocenters. The van der Waals surface area contributed by atoms with Crippen molar-refractivity contribution in [1.82, 2.24) is 15.1 Å². The van der Waals surface area contributed by atoms with E-state index in [0.717, 1.165) is 22.3 Å². The minimum Gasteiger partial charge on any atom is -0.480 e. The van der Waals surface area contributed by atoms with Gasteiger partial charge in [-0.25, -0.2) is 4.79 Å². The second-order valence-corrected chi connectivity index (χ2v) is 9.29. The normalized spacial score (nSPS) is 13.4. The molecular weight excluding hydrogens is 434 g/mol. The van der Waals surface area contributed by atoms with Crippen LogP contribution in [-0.4, -0.2) is 79.3 Å². The van der Waals surface area contributed by atoms with E-state index < -0.39 is 30.6 Å². The number of benzene rings is 2. The molecule has 8 nitrogen and oxygen atoms in total. The Morgan fingerprint density at radius 1 is 0.971 bits per heavy atom. The number of carbonyl (C=O) groups excluding carboxylic acids is 2. The molecule has 8 heteroatoms. The molecule has 0 fully saturated rings. The molecule has 2 amide bonds. The molecule has 34 heavy (non-hydrogen) atoms. The van der Waals surface area contributed by atoms with Gasteiger partial charge in [-0.2, -0.15) is 0 Å². The lowest BCUT2D eigenvalue weighted by atomic mass is 9.98. The molecule has 1 aliphatic carbocycles. The van der Waals surface area contributed by atoms with Crippen LogP contribution in [0.4, 0.5) is 4.79 Å². The summed E-state index contributed by atoms with van der Waals surface area (Å²) in [5.41, 5.74) is 4.46. The molecule has 0 heterocycles. The lowest BCUT2D eigenvalue weighted by molar-refractivity contribution is -0.145. The van der Waals surface area contributed by atoms with Crippen molar-refractivity contribution in [2.24, 2.45) is 5.92 Å². The largest absolute Gasteiger partial charge is 0.480 e. The molecule has 0 saturated heterocycles. The first kappa shape index (κ1) is 25.2. The minimum absolute atomic E-state index is 0.0813. The predicted molar refractivity (Wildman–Crippen MR) is 130 cm³/mol. The van der Waals surface area contributed by atoms with Gasteiger partial charge >= 0.3 is 12.1 Å². The number of fused-ring (bicyclic) bond motifs is 3. The number of nitrogens with one attached hydrogen (secondary N) is 1. The molecule has 182 valence electrons. The molecule has 0 saturated carbocycles. The highest BCUT2D eigenvalue weighted by Crippen LogP contribution is 2.44. The van der Waals surface area contributed by atoms with Gasteiger partial charge in [0.1, 0.15) is 19.2 Å². The Hall–Kier alpha value is -3.39. The Balaban J connectivity index is 1.71. The van der Waals surface area contributed by atoms with Crippen LogP contribution in [0.5, 0.6) is 0 Å². The van der Waals surface area contributed by atoms with Gasteiger partial charge in [0.2, 0.25) is 5.91 Å². The van der Waals surface area contributed by atoms with Crippen LogP contribution >= 0.6 is 0 Å². The Kier molecular flexibility index (Phi) is 8.28. The SMILES string of the molecule is CC(C)CN(CC(=O)O)C(=O)[C@H](CN(C)C)NC(=O)OCC1c2ccccc2-c2ccccc21. The number of ether oxygens (including phenoxy) is 1. The number of carboxylic acid groups (broad SMARTS) is 1. The van der Waals surface area contributed by atoms with Gasteiger partial charge in [0.15, 0.2) is 0 Å². The average Bonchev–Trinajstić information content (AvgIpc) is 3.09. The third-order valence-corrected chi connectivity index (χ3v) is 5.70. The highest BCUT2D eigenvalue weighted by molar-refractivity contribution is 5.88. The summed E-state index contributed by atoms with van der Waals surface area (Å²) in [5.74, 6) is -1.56. The molecule has 0 unspecified atom stereocenters. The Morgan fingerprint density at radius 3 is 2.03 bits per heavy atom. The van der Waals surface area contributed by atoms with Crippen LogP contribution in [0, 0.1) is 5.92 Å². The zero-order valence-corrected chi connectivity index (χ0v) is 20.2. The summed E-state index contributed by atoms with van der Waals surface area (Å²) in [6.07, 6.45) is -0.707. The molecule has 0 aromatic heterocycles. The fraction of sp³-hybridized carbons (Fsp3) is 0.423. The van der Waals surface area contributed by atoms with Gasteiger partial charge < -0.3 is 25.0 Å². The van der Waals surface area contributed by atoms with Gasteiger partial charge in [0.05, 0.1) is 0 Å². The summed E-state index contributed by atoms with van der Waals surface area (Å²) in [6, 6.07) is 15.2. The number of carbonyl (C=O) groups is 3. The highest BCUT2D eigenvalue weighted by atomic mass is 16.5. The molecule has 1 aliphatic rings. The summed E-state index contributed by atoms with van der Waals surface area (Å²) in [5, 5.41) is 11.9. The van der Waals surface area contributed by atoms with Crippen LogP contribution in [0.15, 0.2) is 48.5 Å². The maximum absolute atomic E-state index is 13.1. The van der Waals surface area contributed by atoms with E-state index in [4.69, 9.17) is 4.74 Å². The number of likely N-dealkylation sites (N-methyl/N-ethyl adjacent to an activating group) is 1. The van der Waals surface area contributed by atoms with Crippen molar-refractivity contribution in [3.63, 3.8) is 0 Å². The van der Waals surface area contributed by atoms with Crippen LogP contribution < -0.4 is 5.32 Å². The first-order valence-electron chi connectivity index (χ1n) is 11.4. The molecule has 2 N–H and O–H groups in total. The van der Waals surface area contributed by atoms with Crippen LogP contribution in [0.1, 0.15) is 30.9 Å². The van der Waals surface area contributed by atoms with Gasteiger partial charge in [-0.1, -0.05) is 62.4 Å². The van der Waals surface area contributed by atoms with Crippen molar-refractivity contribution in [3.05, 3.63) is 59.7 Å².